The zero-order chi connectivity index (χ0) is 17.9. The molecule has 1 aromatic carbocycles. The lowest BCUT2D eigenvalue weighted by Gasteiger charge is -2.31. The molecule has 1 amide bonds. The highest BCUT2D eigenvalue weighted by molar-refractivity contribution is 5.79. The van der Waals surface area contributed by atoms with Gasteiger partial charge in [0.1, 0.15) is 5.82 Å². The Morgan fingerprint density at radius 3 is 2.50 bits per heavy atom. The molecule has 0 atom stereocenters. The molecule has 2 aliphatic rings. The number of carbonyl (C=O) groups excluding carboxylic acids is 1. The van der Waals surface area contributed by atoms with E-state index in [0.29, 0.717) is 6.04 Å². The highest BCUT2D eigenvalue weighted by Crippen LogP contribution is 2.25. The molecule has 1 saturated heterocycles. The minimum absolute atomic E-state index is 0.126. The van der Waals surface area contributed by atoms with Gasteiger partial charge in [-0.15, -0.1) is 0 Å². The highest BCUT2D eigenvalue weighted by Gasteiger charge is 2.30. The monoisotopic (exact) mass is 351 g/mol. The smallest absolute Gasteiger partial charge is 0.227 e. The summed E-state index contributed by atoms with van der Waals surface area (Å²) in [6, 6.07) is 10.5. The first kappa shape index (κ1) is 16.8. The van der Waals surface area contributed by atoms with Crippen molar-refractivity contribution in [2.24, 2.45) is 5.92 Å². The van der Waals surface area contributed by atoms with Crippen molar-refractivity contribution in [3.63, 3.8) is 0 Å². The van der Waals surface area contributed by atoms with Crippen LogP contribution >= 0.6 is 0 Å². The number of anilines is 3. The Balaban J connectivity index is 1.36. The maximum atomic E-state index is 12.2. The number of hydrogen-bond acceptors (Lipinski definition) is 5. The third-order valence-corrected chi connectivity index (χ3v) is 5.04. The molecule has 1 aliphatic heterocycles. The molecular formula is C20H25N5O. The summed E-state index contributed by atoms with van der Waals surface area (Å²) in [6.07, 6.45) is 5.78. The Morgan fingerprint density at radius 1 is 1.08 bits per heavy atom. The highest BCUT2D eigenvalue weighted by atomic mass is 16.2. The van der Waals surface area contributed by atoms with Crippen molar-refractivity contribution in [3.8, 4) is 0 Å². The molecule has 6 nitrogen and oxygen atoms in total. The van der Waals surface area contributed by atoms with Gasteiger partial charge in [-0.1, -0.05) is 17.7 Å². The van der Waals surface area contributed by atoms with Gasteiger partial charge in [-0.2, -0.15) is 4.98 Å². The van der Waals surface area contributed by atoms with Crippen molar-refractivity contribution in [1.29, 1.82) is 0 Å². The second-order valence-corrected chi connectivity index (χ2v) is 7.28. The zero-order valence-corrected chi connectivity index (χ0v) is 15.1. The predicted octanol–water partition coefficient (Wildman–Crippen LogP) is 3.02. The number of carbonyl (C=O) groups is 1. The molecule has 26 heavy (non-hydrogen) atoms. The van der Waals surface area contributed by atoms with E-state index in [-0.39, 0.29) is 11.8 Å². The van der Waals surface area contributed by atoms with E-state index in [1.807, 2.05) is 18.2 Å². The lowest BCUT2D eigenvalue weighted by atomic mass is 9.96. The van der Waals surface area contributed by atoms with Crippen LogP contribution in [-0.2, 0) is 4.79 Å². The van der Waals surface area contributed by atoms with Gasteiger partial charge in [0, 0.05) is 36.9 Å². The summed E-state index contributed by atoms with van der Waals surface area (Å²) in [4.78, 5) is 23.4. The fourth-order valence-corrected chi connectivity index (χ4v) is 3.24. The normalized spacial score (nSPS) is 17.8. The maximum absolute atomic E-state index is 12.2. The van der Waals surface area contributed by atoms with Gasteiger partial charge < -0.3 is 15.5 Å². The molecule has 2 heterocycles. The number of amides is 1. The second kappa shape index (κ2) is 7.32. The summed E-state index contributed by atoms with van der Waals surface area (Å²) in [6.45, 7) is 3.70. The Bertz CT molecular complexity index is 764. The SMILES string of the molecule is Cc1ccc(Nc2ccnc(N3CCC(C(=O)NC4CC4)CC3)n2)cc1. The molecule has 1 aromatic heterocycles. The third kappa shape index (κ3) is 4.12. The van der Waals surface area contributed by atoms with Crippen LogP contribution in [0.5, 0.6) is 0 Å². The van der Waals surface area contributed by atoms with E-state index in [1.54, 1.807) is 6.20 Å². The lowest BCUT2D eigenvalue weighted by Crippen LogP contribution is -2.41. The van der Waals surface area contributed by atoms with Crippen LogP contribution < -0.4 is 15.5 Å². The summed E-state index contributed by atoms with van der Waals surface area (Å²) in [5.74, 6) is 1.86. The molecular weight excluding hydrogens is 326 g/mol. The van der Waals surface area contributed by atoms with E-state index >= 15 is 0 Å². The molecule has 0 unspecified atom stereocenters. The van der Waals surface area contributed by atoms with Gasteiger partial charge in [-0.3, -0.25) is 4.79 Å². The van der Waals surface area contributed by atoms with Crippen molar-refractivity contribution >= 4 is 23.4 Å². The Labute approximate surface area is 154 Å². The quantitative estimate of drug-likeness (QED) is 0.866. The van der Waals surface area contributed by atoms with Gasteiger partial charge in [0.15, 0.2) is 0 Å². The van der Waals surface area contributed by atoms with Gasteiger partial charge in [0.2, 0.25) is 11.9 Å². The third-order valence-electron chi connectivity index (χ3n) is 5.04. The van der Waals surface area contributed by atoms with Crippen molar-refractivity contribution in [2.75, 3.05) is 23.3 Å². The topological polar surface area (TPSA) is 70.2 Å². The standard InChI is InChI=1S/C20H25N5O/c1-14-2-4-16(5-3-14)22-18-8-11-21-20(24-18)25-12-9-15(10-13-25)19(26)23-17-6-7-17/h2-5,8,11,15,17H,6-7,9-10,12-13H2,1H3,(H,23,26)(H,21,22,24). The number of aromatic nitrogens is 2. The number of rotatable bonds is 5. The lowest BCUT2D eigenvalue weighted by molar-refractivity contribution is -0.125. The Kier molecular flexibility index (Phi) is 4.73. The number of aryl methyl sites for hydroxylation is 1. The fourth-order valence-electron chi connectivity index (χ4n) is 3.24. The maximum Gasteiger partial charge on any atom is 0.227 e. The molecule has 2 aromatic rings. The van der Waals surface area contributed by atoms with Gasteiger partial charge >= 0.3 is 0 Å². The van der Waals surface area contributed by atoms with E-state index in [9.17, 15) is 4.79 Å². The van der Waals surface area contributed by atoms with Crippen LogP contribution in [0.25, 0.3) is 0 Å². The van der Waals surface area contributed by atoms with Crippen LogP contribution in [-0.4, -0.2) is 35.0 Å². The molecule has 136 valence electrons. The van der Waals surface area contributed by atoms with Crippen LogP contribution in [0, 0.1) is 12.8 Å². The van der Waals surface area contributed by atoms with Crippen LogP contribution in [0.1, 0.15) is 31.2 Å². The van der Waals surface area contributed by atoms with Crippen molar-refractivity contribution in [2.45, 2.75) is 38.6 Å². The largest absolute Gasteiger partial charge is 0.353 e. The average Bonchev–Trinajstić information content (AvgIpc) is 3.48. The van der Waals surface area contributed by atoms with E-state index in [0.717, 1.165) is 56.2 Å². The van der Waals surface area contributed by atoms with Crippen LogP contribution in [0.4, 0.5) is 17.5 Å². The van der Waals surface area contributed by atoms with E-state index < -0.39 is 0 Å². The first-order valence-corrected chi connectivity index (χ1v) is 9.39. The molecule has 0 radical (unpaired) electrons. The summed E-state index contributed by atoms with van der Waals surface area (Å²) >= 11 is 0. The Hall–Kier alpha value is -2.63. The average molecular weight is 351 g/mol. The molecule has 0 spiro atoms. The van der Waals surface area contributed by atoms with E-state index in [1.165, 1.54) is 5.56 Å². The summed E-state index contributed by atoms with van der Waals surface area (Å²) in [5.41, 5.74) is 2.24. The van der Waals surface area contributed by atoms with Crippen molar-refractivity contribution in [3.05, 3.63) is 42.1 Å². The number of benzene rings is 1. The van der Waals surface area contributed by atoms with Crippen molar-refractivity contribution < 1.29 is 4.79 Å². The summed E-state index contributed by atoms with van der Waals surface area (Å²) < 4.78 is 0. The van der Waals surface area contributed by atoms with Crippen LogP contribution in [0.2, 0.25) is 0 Å². The first-order chi connectivity index (χ1) is 12.7. The Morgan fingerprint density at radius 2 is 1.81 bits per heavy atom. The van der Waals surface area contributed by atoms with Gasteiger partial charge in [0.25, 0.3) is 0 Å². The summed E-state index contributed by atoms with van der Waals surface area (Å²) in [5, 5.41) is 6.44. The molecule has 1 aliphatic carbocycles. The number of nitrogens with zero attached hydrogens (tertiary/aromatic N) is 3. The fraction of sp³-hybridized carbons (Fsp3) is 0.450. The second-order valence-electron chi connectivity index (χ2n) is 7.28. The number of hydrogen-bond donors (Lipinski definition) is 2. The van der Waals surface area contributed by atoms with Gasteiger partial charge in [0.05, 0.1) is 0 Å². The molecule has 0 bridgehead atoms. The van der Waals surface area contributed by atoms with Gasteiger partial charge in [-0.25, -0.2) is 4.98 Å². The van der Waals surface area contributed by atoms with Crippen molar-refractivity contribution in [1.82, 2.24) is 15.3 Å². The molecule has 1 saturated carbocycles. The van der Waals surface area contributed by atoms with Gasteiger partial charge in [-0.05, 0) is 50.8 Å². The molecule has 6 heteroatoms. The predicted molar refractivity (Wildman–Crippen MR) is 103 cm³/mol. The van der Waals surface area contributed by atoms with Crippen LogP contribution in [0.15, 0.2) is 36.5 Å². The minimum atomic E-state index is 0.126. The van der Waals surface area contributed by atoms with E-state index in [4.69, 9.17) is 0 Å². The number of piperidine rings is 1. The van der Waals surface area contributed by atoms with E-state index in [2.05, 4.69) is 44.6 Å². The summed E-state index contributed by atoms with van der Waals surface area (Å²) in [7, 11) is 0. The van der Waals surface area contributed by atoms with Crippen LogP contribution in [0.3, 0.4) is 0 Å². The molecule has 2 fully saturated rings. The molecule has 2 N–H and O–H groups in total. The number of nitrogens with one attached hydrogen (secondary N) is 2. The minimum Gasteiger partial charge on any atom is -0.353 e. The first-order valence-electron chi connectivity index (χ1n) is 9.39. The zero-order valence-electron chi connectivity index (χ0n) is 15.1. The molecule has 4 rings (SSSR count).